The predicted molar refractivity (Wildman–Crippen MR) is 101 cm³/mol. The van der Waals surface area contributed by atoms with Crippen LogP contribution >= 0.6 is 11.6 Å². The molecular weight excluding hydrogens is 368 g/mol. The van der Waals surface area contributed by atoms with Crippen molar-refractivity contribution in [2.24, 2.45) is 12.5 Å². The lowest BCUT2D eigenvalue weighted by Gasteiger charge is -2.39. The van der Waals surface area contributed by atoms with E-state index in [1.54, 1.807) is 25.6 Å². The number of H-pyrrole nitrogens is 1. The Bertz CT molecular complexity index is 773. The Labute approximate surface area is 163 Å². The number of hydrogen-bond acceptors (Lipinski definition) is 4. The maximum Gasteiger partial charge on any atom is 0.271 e. The number of carbonyl (C=O) groups is 2. The van der Waals surface area contributed by atoms with Crippen molar-refractivity contribution in [2.45, 2.75) is 32.6 Å². The van der Waals surface area contributed by atoms with E-state index >= 15 is 0 Å². The number of hydrogen-bond donors (Lipinski definition) is 2. The molecule has 0 bridgehead atoms. The molecule has 146 valence electrons. The van der Waals surface area contributed by atoms with Gasteiger partial charge in [0.15, 0.2) is 5.69 Å². The van der Waals surface area contributed by atoms with Crippen molar-refractivity contribution in [1.82, 2.24) is 30.0 Å². The van der Waals surface area contributed by atoms with E-state index in [-0.39, 0.29) is 17.2 Å². The zero-order chi connectivity index (χ0) is 19.4. The molecule has 8 nitrogen and oxygen atoms in total. The van der Waals surface area contributed by atoms with Gasteiger partial charge in [-0.05, 0) is 24.7 Å². The van der Waals surface area contributed by atoms with Crippen LogP contribution in [0, 0.1) is 5.41 Å². The third-order valence-electron chi connectivity index (χ3n) is 5.22. The minimum absolute atomic E-state index is 0.0333. The van der Waals surface area contributed by atoms with Gasteiger partial charge in [-0.25, -0.2) is 4.98 Å². The van der Waals surface area contributed by atoms with Crippen molar-refractivity contribution in [3.63, 3.8) is 0 Å². The lowest BCUT2D eigenvalue weighted by Crippen LogP contribution is -2.46. The highest BCUT2D eigenvalue weighted by atomic mass is 35.5. The Hall–Kier alpha value is -2.35. The normalized spacial score (nSPS) is 16.3. The molecule has 2 N–H and O–H groups in total. The monoisotopic (exact) mass is 392 g/mol. The second kappa shape index (κ2) is 8.12. The largest absolute Gasteiger partial charge is 0.350 e. The molecule has 1 aliphatic rings. The number of carbonyl (C=O) groups excluding carboxylic acids is 2. The summed E-state index contributed by atoms with van der Waals surface area (Å²) >= 11 is 5.93. The number of nitrogens with one attached hydrogen (secondary N) is 2. The maximum atomic E-state index is 12.4. The van der Waals surface area contributed by atoms with E-state index < -0.39 is 0 Å². The van der Waals surface area contributed by atoms with Crippen LogP contribution in [0.3, 0.4) is 0 Å². The number of rotatable bonds is 6. The van der Waals surface area contributed by atoms with E-state index in [0.717, 1.165) is 18.5 Å². The average Bonchev–Trinajstić information content (AvgIpc) is 3.28. The van der Waals surface area contributed by atoms with Gasteiger partial charge in [0, 0.05) is 51.1 Å². The molecule has 27 heavy (non-hydrogen) atoms. The zero-order valence-corrected chi connectivity index (χ0v) is 16.4. The van der Waals surface area contributed by atoms with Gasteiger partial charge in [-0.15, -0.1) is 0 Å². The van der Waals surface area contributed by atoms with Gasteiger partial charge < -0.3 is 15.2 Å². The highest BCUT2D eigenvalue weighted by molar-refractivity contribution is 6.29. The van der Waals surface area contributed by atoms with E-state index in [9.17, 15) is 9.59 Å². The second-order valence-electron chi connectivity index (χ2n) is 7.43. The van der Waals surface area contributed by atoms with Crippen molar-refractivity contribution < 1.29 is 9.59 Å². The van der Waals surface area contributed by atoms with Crippen LogP contribution in [0.4, 0.5) is 0 Å². The van der Waals surface area contributed by atoms with Crippen molar-refractivity contribution >= 4 is 23.4 Å². The molecular formula is C18H25ClN6O2. The molecule has 3 heterocycles. The standard InChI is InChI=1S/C18H25ClN6O2/c1-18(11-21-17(27)14-9-15(19)24(2)23-14)5-7-25(8-6-18)16(26)4-3-13-10-20-12-22-13/h9-10,12H,3-8,11H2,1-2H3,(H,20,22)(H,21,27). The van der Waals surface area contributed by atoms with Gasteiger partial charge in [-0.1, -0.05) is 18.5 Å². The van der Waals surface area contributed by atoms with Crippen molar-refractivity contribution in [1.29, 1.82) is 0 Å². The lowest BCUT2D eigenvalue weighted by atomic mass is 9.80. The molecule has 2 aromatic heterocycles. The Morgan fingerprint density at radius 1 is 1.37 bits per heavy atom. The second-order valence-corrected chi connectivity index (χ2v) is 7.81. The van der Waals surface area contributed by atoms with Crippen LogP contribution in [-0.2, 0) is 18.3 Å². The van der Waals surface area contributed by atoms with Crippen LogP contribution < -0.4 is 5.32 Å². The van der Waals surface area contributed by atoms with Gasteiger partial charge in [0.2, 0.25) is 5.91 Å². The Morgan fingerprint density at radius 2 is 2.11 bits per heavy atom. The van der Waals surface area contributed by atoms with Crippen molar-refractivity contribution in [3.05, 3.63) is 35.1 Å². The molecule has 0 aliphatic carbocycles. The van der Waals surface area contributed by atoms with E-state index in [4.69, 9.17) is 11.6 Å². The van der Waals surface area contributed by atoms with Crippen LogP contribution in [0.25, 0.3) is 0 Å². The quantitative estimate of drug-likeness (QED) is 0.783. The topological polar surface area (TPSA) is 95.9 Å². The van der Waals surface area contributed by atoms with Gasteiger partial charge in [0.05, 0.1) is 6.33 Å². The van der Waals surface area contributed by atoms with Crippen LogP contribution in [0.2, 0.25) is 5.15 Å². The highest BCUT2D eigenvalue weighted by Gasteiger charge is 2.32. The van der Waals surface area contributed by atoms with E-state index in [2.05, 4.69) is 27.3 Å². The van der Waals surface area contributed by atoms with Crippen molar-refractivity contribution in [2.75, 3.05) is 19.6 Å². The molecule has 0 unspecified atom stereocenters. The minimum atomic E-state index is -0.225. The Balaban J connectivity index is 1.44. The summed E-state index contributed by atoms with van der Waals surface area (Å²) in [7, 11) is 1.69. The molecule has 1 saturated heterocycles. The van der Waals surface area contributed by atoms with E-state index in [1.165, 1.54) is 4.68 Å². The van der Waals surface area contributed by atoms with Crippen molar-refractivity contribution in [3.8, 4) is 0 Å². The fourth-order valence-corrected chi connectivity index (χ4v) is 3.37. The molecule has 9 heteroatoms. The first-order valence-electron chi connectivity index (χ1n) is 9.09. The first-order chi connectivity index (χ1) is 12.9. The summed E-state index contributed by atoms with van der Waals surface area (Å²) in [6.45, 7) is 4.12. The molecule has 2 aromatic rings. The highest BCUT2D eigenvalue weighted by Crippen LogP contribution is 2.30. The number of imidazole rings is 1. The summed E-state index contributed by atoms with van der Waals surface area (Å²) in [6, 6.07) is 1.56. The fourth-order valence-electron chi connectivity index (χ4n) is 3.23. The number of nitrogens with zero attached hydrogens (tertiary/aromatic N) is 4. The number of aromatic nitrogens is 4. The van der Waals surface area contributed by atoms with Gasteiger partial charge >= 0.3 is 0 Å². The van der Waals surface area contributed by atoms with Crippen LogP contribution in [0.1, 0.15) is 42.4 Å². The molecule has 0 atom stereocenters. The maximum absolute atomic E-state index is 12.4. The minimum Gasteiger partial charge on any atom is -0.350 e. The SMILES string of the molecule is Cn1nc(C(=O)NCC2(C)CCN(C(=O)CCc3cnc[nH]3)CC2)cc1Cl. The summed E-state index contributed by atoms with van der Waals surface area (Å²) in [6.07, 6.45) is 6.24. The molecule has 1 fully saturated rings. The number of aromatic amines is 1. The average molecular weight is 393 g/mol. The molecule has 0 aromatic carbocycles. The number of aryl methyl sites for hydroxylation is 2. The molecule has 0 radical (unpaired) electrons. The molecule has 3 rings (SSSR count). The number of likely N-dealkylation sites (tertiary alicyclic amines) is 1. The van der Waals surface area contributed by atoms with Gasteiger partial charge in [-0.2, -0.15) is 5.10 Å². The summed E-state index contributed by atoms with van der Waals surface area (Å²) in [5, 5.41) is 7.46. The van der Waals surface area contributed by atoms with Crippen LogP contribution in [0.15, 0.2) is 18.6 Å². The molecule has 0 spiro atoms. The summed E-state index contributed by atoms with van der Waals surface area (Å²) < 4.78 is 1.46. The van der Waals surface area contributed by atoms with Gasteiger partial charge in [0.25, 0.3) is 5.91 Å². The number of piperidine rings is 1. The lowest BCUT2D eigenvalue weighted by molar-refractivity contribution is -0.133. The summed E-state index contributed by atoms with van der Waals surface area (Å²) in [5.74, 6) is -0.0596. The Kier molecular flexibility index (Phi) is 5.84. The predicted octanol–water partition coefficient (Wildman–Crippen LogP) is 1.79. The fraction of sp³-hybridized carbons (Fsp3) is 0.556. The third kappa shape index (κ3) is 4.88. The van der Waals surface area contributed by atoms with Crippen LogP contribution in [-0.4, -0.2) is 56.1 Å². The first-order valence-corrected chi connectivity index (χ1v) is 9.47. The van der Waals surface area contributed by atoms with E-state index in [1.807, 2.05) is 4.90 Å². The van der Waals surface area contributed by atoms with Gasteiger partial charge in [0.1, 0.15) is 5.15 Å². The van der Waals surface area contributed by atoms with Gasteiger partial charge in [-0.3, -0.25) is 14.3 Å². The van der Waals surface area contributed by atoms with E-state index in [0.29, 0.717) is 43.3 Å². The molecule has 2 amide bonds. The summed E-state index contributed by atoms with van der Waals surface area (Å²) in [5.41, 5.74) is 1.26. The number of amides is 2. The smallest absolute Gasteiger partial charge is 0.271 e. The van der Waals surface area contributed by atoms with Crippen LogP contribution in [0.5, 0.6) is 0 Å². The third-order valence-corrected chi connectivity index (χ3v) is 5.57. The molecule has 1 aliphatic heterocycles. The summed E-state index contributed by atoms with van der Waals surface area (Å²) in [4.78, 5) is 33.5. The zero-order valence-electron chi connectivity index (χ0n) is 15.7. The number of halogens is 1. The Morgan fingerprint density at radius 3 is 2.70 bits per heavy atom. The molecule has 0 saturated carbocycles. The first kappa shape index (κ1) is 19.4.